The van der Waals surface area contributed by atoms with Crippen LogP contribution in [0.15, 0.2) is 17.6 Å². The van der Waals surface area contributed by atoms with Gasteiger partial charge in [-0.15, -0.1) is 0 Å². The first kappa shape index (κ1) is 12.5. The zero-order valence-electron chi connectivity index (χ0n) is 9.91. The maximum Gasteiger partial charge on any atom is 0.262 e. The molecular weight excluding hydrogens is 240 g/mol. The zero-order chi connectivity index (χ0) is 12.5. The van der Waals surface area contributed by atoms with E-state index in [1.54, 1.807) is 17.1 Å². The van der Waals surface area contributed by atoms with E-state index in [1.807, 2.05) is 6.92 Å². The van der Waals surface area contributed by atoms with Crippen LogP contribution in [0.3, 0.4) is 0 Å². The maximum absolute atomic E-state index is 12.3. The standard InChI is InChI=1S/C10H18N4O2S/c1-2-13-7-10(12-8-13)17(15,16)14(6-5-11)9-3-4-9/h7-9H,2-6,11H2,1H3. The van der Waals surface area contributed by atoms with Gasteiger partial charge in [-0.2, -0.15) is 4.31 Å². The molecule has 0 aliphatic heterocycles. The minimum absolute atomic E-state index is 0.121. The summed E-state index contributed by atoms with van der Waals surface area (Å²) in [7, 11) is -3.47. The Morgan fingerprint density at radius 3 is 2.76 bits per heavy atom. The molecule has 0 amide bonds. The number of aromatic nitrogens is 2. The number of hydrogen-bond donors (Lipinski definition) is 1. The molecule has 0 unspecified atom stereocenters. The third-order valence-corrected chi connectivity index (χ3v) is 4.69. The lowest BCUT2D eigenvalue weighted by molar-refractivity contribution is 0.409. The quantitative estimate of drug-likeness (QED) is 0.779. The fourth-order valence-corrected chi connectivity index (χ4v) is 3.39. The number of hydrogen-bond acceptors (Lipinski definition) is 4. The molecule has 17 heavy (non-hydrogen) atoms. The SMILES string of the molecule is CCn1cnc(S(=O)(=O)N(CCN)C2CC2)c1. The Labute approximate surface area is 101 Å². The van der Waals surface area contributed by atoms with Crippen molar-refractivity contribution in [2.45, 2.75) is 37.4 Å². The summed E-state index contributed by atoms with van der Waals surface area (Å²) in [6.45, 7) is 3.36. The molecule has 0 saturated heterocycles. The molecule has 1 saturated carbocycles. The fraction of sp³-hybridized carbons (Fsp3) is 0.700. The van der Waals surface area contributed by atoms with Gasteiger partial charge in [-0.1, -0.05) is 0 Å². The van der Waals surface area contributed by atoms with Crippen molar-refractivity contribution in [1.29, 1.82) is 0 Å². The van der Waals surface area contributed by atoms with Crippen LogP contribution in [0.1, 0.15) is 19.8 Å². The van der Waals surface area contributed by atoms with Gasteiger partial charge in [-0.3, -0.25) is 0 Å². The van der Waals surface area contributed by atoms with Crippen LogP contribution in [0.4, 0.5) is 0 Å². The van der Waals surface area contributed by atoms with Crippen molar-refractivity contribution in [2.24, 2.45) is 5.73 Å². The highest BCUT2D eigenvalue weighted by molar-refractivity contribution is 7.89. The molecule has 6 nitrogen and oxygen atoms in total. The number of nitrogens with two attached hydrogens (primary N) is 1. The third-order valence-electron chi connectivity index (χ3n) is 2.85. The Morgan fingerprint density at radius 1 is 1.59 bits per heavy atom. The van der Waals surface area contributed by atoms with E-state index in [4.69, 9.17) is 5.73 Å². The molecule has 7 heteroatoms. The fourth-order valence-electron chi connectivity index (χ4n) is 1.75. The molecule has 0 bridgehead atoms. The monoisotopic (exact) mass is 258 g/mol. The Hall–Kier alpha value is -0.920. The van der Waals surface area contributed by atoms with Crippen molar-refractivity contribution in [3.05, 3.63) is 12.5 Å². The van der Waals surface area contributed by atoms with Gasteiger partial charge in [0, 0.05) is 31.9 Å². The number of nitrogens with zero attached hydrogens (tertiary/aromatic N) is 3. The van der Waals surface area contributed by atoms with Crippen molar-refractivity contribution in [2.75, 3.05) is 13.1 Å². The lowest BCUT2D eigenvalue weighted by atomic mass is 10.6. The highest BCUT2D eigenvalue weighted by Gasteiger charge is 2.38. The van der Waals surface area contributed by atoms with Crippen LogP contribution in [-0.2, 0) is 16.6 Å². The number of imidazole rings is 1. The first-order valence-corrected chi connectivity index (χ1v) is 7.27. The second-order valence-electron chi connectivity index (χ2n) is 4.18. The molecule has 0 aromatic carbocycles. The molecule has 2 N–H and O–H groups in total. The predicted octanol–water partition coefficient (Wildman–Crippen LogP) is 0.0148. The lowest BCUT2D eigenvalue weighted by Crippen LogP contribution is -2.37. The number of aryl methyl sites for hydroxylation is 1. The van der Waals surface area contributed by atoms with Crippen molar-refractivity contribution >= 4 is 10.0 Å². The highest BCUT2D eigenvalue weighted by Crippen LogP contribution is 2.31. The van der Waals surface area contributed by atoms with Crippen molar-refractivity contribution in [3.63, 3.8) is 0 Å². The van der Waals surface area contributed by atoms with Crippen LogP contribution in [0, 0.1) is 0 Å². The summed E-state index contributed by atoms with van der Waals surface area (Å²) in [5.74, 6) is 0. The first-order chi connectivity index (χ1) is 8.09. The average Bonchev–Trinajstić information content (AvgIpc) is 3.01. The highest BCUT2D eigenvalue weighted by atomic mass is 32.2. The second kappa shape index (κ2) is 4.75. The number of rotatable bonds is 6. The number of sulfonamides is 1. The van der Waals surface area contributed by atoms with E-state index < -0.39 is 10.0 Å². The summed E-state index contributed by atoms with van der Waals surface area (Å²) in [6.07, 6.45) is 4.96. The van der Waals surface area contributed by atoms with E-state index in [2.05, 4.69) is 4.98 Å². The molecular formula is C10H18N4O2S. The van der Waals surface area contributed by atoms with Gasteiger partial charge in [0.1, 0.15) is 0 Å². The van der Waals surface area contributed by atoms with Gasteiger partial charge in [0.15, 0.2) is 5.03 Å². The van der Waals surface area contributed by atoms with Gasteiger partial charge < -0.3 is 10.3 Å². The Balaban J connectivity index is 2.26. The van der Waals surface area contributed by atoms with Crippen molar-refractivity contribution in [1.82, 2.24) is 13.9 Å². The molecule has 0 radical (unpaired) electrons. The minimum atomic E-state index is -3.47. The molecule has 1 aliphatic carbocycles. The molecule has 0 spiro atoms. The van der Waals surface area contributed by atoms with Crippen LogP contribution in [0.25, 0.3) is 0 Å². The van der Waals surface area contributed by atoms with Crippen LogP contribution >= 0.6 is 0 Å². The van der Waals surface area contributed by atoms with Gasteiger partial charge in [0.25, 0.3) is 10.0 Å². The minimum Gasteiger partial charge on any atom is -0.336 e. The lowest BCUT2D eigenvalue weighted by Gasteiger charge is -2.19. The molecule has 1 fully saturated rings. The summed E-state index contributed by atoms with van der Waals surface area (Å²) in [4.78, 5) is 3.96. The largest absolute Gasteiger partial charge is 0.336 e. The Kier molecular flexibility index (Phi) is 3.50. The van der Waals surface area contributed by atoms with Gasteiger partial charge in [0.2, 0.25) is 0 Å². The normalized spacial score (nSPS) is 16.6. The van der Waals surface area contributed by atoms with Crippen LogP contribution in [-0.4, -0.2) is 41.4 Å². The molecule has 2 rings (SSSR count). The van der Waals surface area contributed by atoms with Gasteiger partial charge in [-0.25, -0.2) is 13.4 Å². The van der Waals surface area contributed by atoms with E-state index in [0.717, 1.165) is 12.8 Å². The second-order valence-corrected chi connectivity index (χ2v) is 6.02. The van der Waals surface area contributed by atoms with E-state index in [1.165, 1.54) is 4.31 Å². The van der Waals surface area contributed by atoms with Crippen LogP contribution in [0.2, 0.25) is 0 Å². The molecule has 1 aliphatic rings. The summed E-state index contributed by atoms with van der Waals surface area (Å²) in [5, 5.41) is 0.125. The van der Waals surface area contributed by atoms with E-state index in [9.17, 15) is 8.42 Å². The molecule has 1 aromatic heterocycles. The van der Waals surface area contributed by atoms with Crippen molar-refractivity contribution < 1.29 is 8.42 Å². The smallest absolute Gasteiger partial charge is 0.262 e. The molecule has 1 heterocycles. The third kappa shape index (κ3) is 2.51. The predicted molar refractivity (Wildman–Crippen MR) is 63.9 cm³/mol. The van der Waals surface area contributed by atoms with E-state index >= 15 is 0 Å². The summed E-state index contributed by atoms with van der Waals surface area (Å²) < 4.78 is 27.9. The Bertz CT molecular complexity index is 478. The van der Waals surface area contributed by atoms with E-state index in [0.29, 0.717) is 19.6 Å². The first-order valence-electron chi connectivity index (χ1n) is 5.83. The Morgan fingerprint density at radius 2 is 2.29 bits per heavy atom. The molecule has 0 atom stereocenters. The topological polar surface area (TPSA) is 81.2 Å². The average molecular weight is 258 g/mol. The summed E-state index contributed by atoms with van der Waals surface area (Å²) in [6, 6.07) is 0.121. The maximum atomic E-state index is 12.3. The zero-order valence-corrected chi connectivity index (χ0v) is 10.7. The van der Waals surface area contributed by atoms with Crippen LogP contribution < -0.4 is 5.73 Å². The van der Waals surface area contributed by atoms with Gasteiger partial charge in [0.05, 0.1) is 6.33 Å². The molecule has 1 aromatic rings. The van der Waals surface area contributed by atoms with E-state index in [-0.39, 0.29) is 11.1 Å². The van der Waals surface area contributed by atoms with Crippen LogP contribution in [0.5, 0.6) is 0 Å². The summed E-state index contributed by atoms with van der Waals surface area (Å²) >= 11 is 0. The van der Waals surface area contributed by atoms with Gasteiger partial charge >= 0.3 is 0 Å². The summed E-state index contributed by atoms with van der Waals surface area (Å²) in [5.41, 5.74) is 5.47. The van der Waals surface area contributed by atoms with Crippen molar-refractivity contribution in [3.8, 4) is 0 Å². The van der Waals surface area contributed by atoms with Gasteiger partial charge in [-0.05, 0) is 19.8 Å². The molecule has 96 valence electrons.